The number of nitrogens with zero attached hydrogens (tertiary/aromatic N) is 1. The number of nitrogens with one attached hydrogen (secondary N) is 3. The van der Waals surface area contributed by atoms with Gasteiger partial charge < -0.3 is 44.9 Å². The summed E-state index contributed by atoms with van der Waals surface area (Å²) in [4.78, 5) is 73.8. The Kier molecular flexibility index (Phi) is 18.3. The summed E-state index contributed by atoms with van der Waals surface area (Å²) < 4.78 is 18.3. The number of alkyl halides is 4. The first-order valence-electron chi connectivity index (χ1n) is 20.5. The van der Waals surface area contributed by atoms with E-state index in [1.165, 1.54) is 19.1 Å². The van der Waals surface area contributed by atoms with Crippen LogP contribution in [0.1, 0.15) is 106 Å². The number of methoxy groups -OCH3 is 2. The normalized spacial score (nSPS) is 28.4. The minimum absolute atomic E-state index is 0. The van der Waals surface area contributed by atoms with Gasteiger partial charge >= 0.3 is 30.1 Å². The van der Waals surface area contributed by atoms with E-state index in [0.717, 1.165) is 64.2 Å². The van der Waals surface area contributed by atoms with Gasteiger partial charge in [0.1, 0.15) is 44.0 Å². The highest BCUT2D eigenvalue weighted by Gasteiger charge is 2.74. The topological polar surface area (TPSA) is 199 Å². The first-order chi connectivity index (χ1) is 27.3. The van der Waals surface area contributed by atoms with Crippen LogP contribution in [0.2, 0.25) is 0 Å². The van der Waals surface area contributed by atoms with Crippen molar-refractivity contribution in [2.75, 3.05) is 27.3 Å². The quantitative estimate of drug-likeness (QED) is 0.113. The third-order valence-corrected chi connectivity index (χ3v) is 13.9. The third kappa shape index (κ3) is 13.2. The van der Waals surface area contributed by atoms with E-state index in [9.17, 15) is 33.9 Å². The van der Waals surface area contributed by atoms with Crippen molar-refractivity contribution in [1.82, 2.24) is 20.9 Å². The molecule has 8 atom stereocenters. The van der Waals surface area contributed by atoms with Gasteiger partial charge in [-0.25, -0.2) is 19.2 Å². The summed E-state index contributed by atoms with van der Waals surface area (Å²) in [6.45, 7) is 11.5. The molecule has 2 saturated heterocycles. The maximum Gasteiger partial charge on any atom is 0.408 e. The van der Waals surface area contributed by atoms with Crippen LogP contribution in [-0.4, -0.2) is 117 Å². The van der Waals surface area contributed by atoms with Gasteiger partial charge in [-0.2, -0.15) is 0 Å². The summed E-state index contributed by atoms with van der Waals surface area (Å²) in [6.07, 6.45) is 8.43. The highest BCUT2D eigenvalue weighted by molar-refractivity contribution is 6.52. The van der Waals surface area contributed by atoms with E-state index in [0.29, 0.717) is 6.54 Å². The molecule has 0 bridgehead atoms. The van der Waals surface area contributed by atoms with E-state index in [-0.39, 0.29) is 72.4 Å². The second kappa shape index (κ2) is 21.0. The lowest BCUT2D eigenvalue weighted by atomic mass is 9.83. The molecule has 2 heterocycles. The number of ether oxygens (including phenoxy) is 4. The molecule has 344 valence electrons. The number of hydrogen-bond acceptors (Lipinski definition) is 11. The number of carbonyl (C=O) groups excluding carboxylic acids is 5. The summed E-state index contributed by atoms with van der Waals surface area (Å²) in [7, 11) is 2.65. The van der Waals surface area contributed by atoms with Crippen LogP contribution in [0.4, 0.5) is 9.59 Å². The van der Waals surface area contributed by atoms with Crippen LogP contribution >= 0.6 is 58.8 Å². The molecule has 0 radical (unpaired) electrons. The molecule has 0 aromatic rings. The molecule has 6 rings (SSSR count). The van der Waals surface area contributed by atoms with E-state index in [1.807, 2.05) is 0 Å². The molecule has 20 heteroatoms. The van der Waals surface area contributed by atoms with E-state index in [2.05, 4.69) is 20.7 Å². The number of alkyl carbamates (subject to hydrolysis) is 2. The summed E-state index contributed by atoms with van der Waals surface area (Å²) in [5.41, 5.74) is -1.29. The standard InChI is InChI=1S/C20H30Cl2N2O5.C13H23NO4.C7H9Cl2NO2.ClH/c1-19(2,3)29-18(27)23-14(11-8-6-5-7-9-11)16(25)24-10-12-13(20(12,21)22)15(24)17(26)28-4;1-13(2,3)18-12(17)14-10(11(15)16)9-7-5-4-6-8-9;1-12-6(11)5-4-3(2-10-5)7(4,8)9;/h11-15H,5-10H2,1-4H3,(H,23,27);9-10H,4-8H2,1-3H3,(H,14,17)(H,15,16);3-5,10H,2H2,1H3;1H/t12-,13-,14-,15-;10-;3-,4-,5-;/m000./s1. The molecule has 4 saturated carbocycles. The van der Waals surface area contributed by atoms with Crippen molar-refractivity contribution in [2.24, 2.45) is 35.5 Å². The molecule has 60 heavy (non-hydrogen) atoms. The van der Waals surface area contributed by atoms with Crippen molar-refractivity contribution in [3.05, 3.63) is 0 Å². The average molecular weight is 953 g/mol. The number of fused-ring (bicyclic) bond motifs is 2. The Morgan fingerprint density at radius 1 is 0.683 bits per heavy atom. The first-order valence-corrected chi connectivity index (χ1v) is 22.0. The minimum atomic E-state index is -1.02. The van der Waals surface area contributed by atoms with Crippen molar-refractivity contribution in [3.8, 4) is 0 Å². The monoisotopic (exact) mass is 950 g/mol. The molecule has 0 aromatic carbocycles. The highest BCUT2D eigenvalue weighted by Crippen LogP contribution is 2.65. The lowest BCUT2D eigenvalue weighted by molar-refractivity contribution is -0.153. The van der Waals surface area contributed by atoms with Crippen LogP contribution in [0.5, 0.6) is 0 Å². The molecule has 0 unspecified atom stereocenters. The summed E-state index contributed by atoms with van der Waals surface area (Å²) >= 11 is 24.4. The van der Waals surface area contributed by atoms with Gasteiger partial charge in [-0.15, -0.1) is 58.8 Å². The first kappa shape index (κ1) is 52.2. The number of piperidine rings is 2. The molecule has 0 aromatic heterocycles. The van der Waals surface area contributed by atoms with Crippen LogP contribution < -0.4 is 16.0 Å². The largest absolute Gasteiger partial charge is 0.480 e. The fraction of sp³-hybridized carbons (Fsp3) is 0.850. The van der Waals surface area contributed by atoms with Crippen molar-refractivity contribution in [2.45, 2.75) is 150 Å². The average Bonchev–Trinajstić information content (AvgIpc) is 3.61. The Morgan fingerprint density at radius 2 is 1.12 bits per heavy atom. The fourth-order valence-corrected chi connectivity index (χ4v) is 10.5. The molecule has 3 amide bonds. The number of rotatable bonds is 8. The maximum absolute atomic E-state index is 13.5. The van der Waals surface area contributed by atoms with E-state index >= 15 is 0 Å². The van der Waals surface area contributed by atoms with Gasteiger partial charge in [-0.3, -0.25) is 9.59 Å². The van der Waals surface area contributed by atoms with Crippen molar-refractivity contribution >= 4 is 94.8 Å². The predicted octanol–water partition coefficient (Wildman–Crippen LogP) is 6.78. The lowest BCUT2D eigenvalue weighted by Gasteiger charge is -2.36. The zero-order valence-electron chi connectivity index (χ0n) is 35.7. The van der Waals surface area contributed by atoms with E-state index < -0.39 is 62.1 Å². The molecule has 15 nitrogen and oxygen atoms in total. The molecule has 0 spiro atoms. The number of likely N-dealkylation sites (tertiary alicyclic amines) is 1. The maximum atomic E-state index is 13.5. The molecular weight excluding hydrogens is 890 g/mol. The van der Waals surface area contributed by atoms with Crippen LogP contribution in [0.25, 0.3) is 0 Å². The number of hydrogen-bond donors (Lipinski definition) is 4. The van der Waals surface area contributed by atoms with Gasteiger partial charge in [0.15, 0.2) is 0 Å². The third-order valence-electron chi connectivity index (χ3n) is 11.8. The predicted molar refractivity (Wildman–Crippen MR) is 229 cm³/mol. The summed E-state index contributed by atoms with van der Waals surface area (Å²) in [5.74, 6) is -2.34. The summed E-state index contributed by atoms with van der Waals surface area (Å²) in [5, 5.41) is 17.5. The van der Waals surface area contributed by atoms with E-state index in [1.54, 1.807) is 41.5 Å². The lowest BCUT2D eigenvalue weighted by Crippen LogP contribution is -2.57. The number of carboxylic acids is 1. The van der Waals surface area contributed by atoms with Gasteiger partial charge in [0.05, 0.1) is 14.2 Å². The minimum Gasteiger partial charge on any atom is -0.480 e. The molecule has 4 N–H and O–H groups in total. The number of carboxylic acid groups (broad SMARTS) is 1. The Balaban J connectivity index is 0.000000263. The highest BCUT2D eigenvalue weighted by atomic mass is 35.5. The van der Waals surface area contributed by atoms with E-state index in [4.69, 9.17) is 60.6 Å². The van der Waals surface area contributed by atoms with Gasteiger partial charge in [-0.1, -0.05) is 38.5 Å². The smallest absolute Gasteiger partial charge is 0.408 e. The van der Waals surface area contributed by atoms with Crippen molar-refractivity contribution in [3.63, 3.8) is 0 Å². The number of aliphatic carboxylic acids is 1. The Morgan fingerprint density at radius 3 is 1.52 bits per heavy atom. The van der Waals surface area contributed by atoms with Crippen LogP contribution in [-0.2, 0) is 38.1 Å². The SMILES string of the molecule is CC(C)(C)OC(=O)N[C@H](C(=O)O)C1CCCCC1.COC(=O)[C@@H]1[C@@H]2[C@H](CN1C(=O)[C@@H](NC(=O)OC(C)(C)C)C1CCCCC1)C2(Cl)Cl.COC(=O)[C@H]1NC[C@H]2[C@@H]1C2(Cl)Cl.Cl. The second-order valence-corrected chi connectivity index (χ2v) is 21.3. The number of esters is 2. The molecule has 2 aliphatic heterocycles. The number of carbonyl (C=O) groups is 6. The van der Waals surface area contributed by atoms with Crippen molar-refractivity contribution in [1.29, 1.82) is 0 Å². The number of amides is 3. The zero-order valence-corrected chi connectivity index (χ0v) is 39.5. The van der Waals surface area contributed by atoms with Crippen LogP contribution in [0, 0.1) is 35.5 Å². The second-order valence-electron chi connectivity index (χ2n) is 18.4. The molecular formula is C40H63Cl5N4O11. The van der Waals surface area contributed by atoms with Gasteiger partial charge in [0.25, 0.3) is 0 Å². The van der Waals surface area contributed by atoms with Gasteiger partial charge in [0.2, 0.25) is 5.91 Å². The molecule has 4 aliphatic carbocycles. The van der Waals surface area contributed by atoms with Crippen LogP contribution in [0.3, 0.4) is 0 Å². The van der Waals surface area contributed by atoms with Crippen LogP contribution in [0.15, 0.2) is 0 Å². The number of halogens is 5. The zero-order chi connectivity index (χ0) is 44.2. The van der Waals surface area contributed by atoms with Crippen molar-refractivity contribution < 1.29 is 52.8 Å². The van der Waals surface area contributed by atoms with Gasteiger partial charge in [-0.05, 0) is 79.1 Å². The Hall–Kier alpha value is -2.17. The molecule has 6 fully saturated rings. The van der Waals surface area contributed by atoms with Gasteiger partial charge in [0, 0.05) is 36.8 Å². The Labute approximate surface area is 379 Å². The Bertz CT molecular complexity index is 1550. The fourth-order valence-electron chi connectivity index (χ4n) is 8.84. The summed E-state index contributed by atoms with van der Waals surface area (Å²) in [6, 6.07) is -2.73. The molecule has 6 aliphatic rings.